The second-order valence-electron chi connectivity index (χ2n) is 5.99. The standard InChI is InChI=1S/C14H25N3/c1-11-4-3-5-14(8-11)17(2)10-13(9-15)16-12-6-7-12/h11-14,16H,3-8,10H2,1-2H3. The molecule has 0 aromatic carbocycles. The van der Waals surface area contributed by atoms with Crippen molar-refractivity contribution < 1.29 is 0 Å². The van der Waals surface area contributed by atoms with Gasteiger partial charge in [0.2, 0.25) is 0 Å². The van der Waals surface area contributed by atoms with Crippen molar-refractivity contribution in [3.63, 3.8) is 0 Å². The molecule has 96 valence electrons. The first-order valence-electron chi connectivity index (χ1n) is 7.05. The van der Waals surface area contributed by atoms with Gasteiger partial charge in [-0.05, 0) is 38.6 Å². The van der Waals surface area contributed by atoms with Crippen LogP contribution in [-0.2, 0) is 0 Å². The fourth-order valence-electron chi connectivity index (χ4n) is 2.90. The van der Waals surface area contributed by atoms with Crippen LogP contribution in [0.25, 0.3) is 0 Å². The van der Waals surface area contributed by atoms with E-state index in [1.54, 1.807) is 0 Å². The van der Waals surface area contributed by atoms with Gasteiger partial charge in [-0.25, -0.2) is 0 Å². The molecule has 3 atom stereocenters. The Labute approximate surface area is 105 Å². The van der Waals surface area contributed by atoms with Gasteiger partial charge in [0.05, 0.1) is 6.07 Å². The zero-order valence-corrected chi connectivity index (χ0v) is 11.2. The van der Waals surface area contributed by atoms with Crippen LogP contribution in [-0.4, -0.2) is 36.6 Å². The molecule has 0 spiro atoms. The SMILES string of the molecule is CC1CCCC(N(C)CC(C#N)NC2CC2)C1. The van der Waals surface area contributed by atoms with Crippen molar-refractivity contribution in [1.82, 2.24) is 10.2 Å². The Morgan fingerprint density at radius 3 is 2.71 bits per heavy atom. The molecule has 0 amide bonds. The maximum Gasteiger partial charge on any atom is 0.108 e. The van der Waals surface area contributed by atoms with Crippen molar-refractivity contribution in [1.29, 1.82) is 5.26 Å². The Kier molecular flexibility index (Phi) is 4.42. The summed E-state index contributed by atoms with van der Waals surface area (Å²) in [5.74, 6) is 0.855. The Morgan fingerprint density at radius 1 is 1.35 bits per heavy atom. The Morgan fingerprint density at radius 2 is 2.12 bits per heavy atom. The summed E-state index contributed by atoms with van der Waals surface area (Å²) in [6.07, 6.45) is 7.85. The molecule has 0 heterocycles. The Bertz CT molecular complexity index is 280. The predicted molar refractivity (Wildman–Crippen MR) is 69.6 cm³/mol. The number of hydrogen-bond acceptors (Lipinski definition) is 3. The summed E-state index contributed by atoms with van der Waals surface area (Å²) in [6.45, 7) is 3.23. The molecule has 3 unspecified atom stereocenters. The summed E-state index contributed by atoms with van der Waals surface area (Å²) >= 11 is 0. The van der Waals surface area contributed by atoms with Crippen molar-refractivity contribution in [3.05, 3.63) is 0 Å². The van der Waals surface area contributed by atoms with Crippen LogP contribution in [0.3, 0.4) is 0 Å². The molecule has 0 aliphatic heterocycles. The van der Waals surface area contributed by atoms with E-state index in [0.29, 0.717) is 12.1 Å². The van der Waals surface area contributed by atoms with Crippen molar-refractivity contribution in [2.45, 2.75) is 63.6 Å². The van der Waals surface area contributed by atoms with E-state index in [1.807, 2.05) is 0 Å². The average molecular weight is 235 g/mol. The average Bonchev–Trinajstić information content (AvgIpc) is 3.12. The van der Waals surface area contributed by atoms with Gasteiger partial charge in [0.25, 0.3) is 0 Å². The van der Waals surface area contributed by atoms with Gasteiger partial charge in [0.15, 0.2) is 0 Å². The monoisotopic (exact) mass is 235 g/mol. The van der Waals surface area contributed by atoms with E-state index in [-0.39, 0.29) is 6.04 Å². The van der Waals surface area contributed by atoms with Crippen LogP contribution in [0.5, 0.6) is 0 Å². The molecule has 17 heavy (non-hydrogen) atoms. The molecule has 0 aromatic heterocycles. The van der Waals surface area contributed by atoms with Crippen molar-refractivity contribution in [2.24, 2.45) is 5.92 Å². The quantitative estimate of drug-likeness (QED) is 0.793. The Balaban J connectivity index is 1.77. The molecule has 1 N–H and O–H groups in total. The van der Waals surface area contributed by atoms with E-state index >= 15 is 0 Å². The normalized spacial score (nSPS) is 31.2. The molecule has 2 saturated carbocycles. The number of rotatable bonds is 5. The van der Waals surface area contributed by atoms with Gasteiger partial charge in [-0.3, -0.25) is 5.32 Å². The van der Waals surface area contributed by atoms with Crippen LogP contribution < -0.4 is 5.32 Å². The second-order valence-corrected chi connectivity index (χ2v) is 5.99. The molecule has 2 fully saturated rings. The van der Waals surface area contributed by atoms with E-state index < -0.39 is 0 Å². The highest BCUT2D eigenvalue weighted by Crippen LogP contribution is 2.27. The van der Waals surface area contributed by atoms with Gasteiger partial charge in [0, 0.05) is 18.6 Å². The summed E-state index contributed by atoms with van der Waals surface area (Å²) in [5, 5.41) is 12.6. The lowest BCUT2D eigenvalue weighted by Crippen LogP contribution is -2.45. The third-order valence-corrected chi connectivity index (χ3v) is 4.17. The van der Waals surface area contributed by atoms with E-state index in [9.17, 15) is 0 Å². The highest BCUT2D eigenvalue weighted by atomic mass is 15.2. The summed E-state index contributed by atoms with van der Waals surface area (Å²) in [4.78, 5) is 2.40. The van der Waals surface area contributed by atoms with Crippen LogP contribution in [0, 0.1) is 17.2 Å². The molecule has 2 aliphatic carbocycles. The first-order valence-corrected chi connectivity index (χ1v) is 7.05. The minimum atomic E-state index is 0.0183. The smallest absolute Gasteiger partial charge is 0.108 e. The van der Waals surface area contributed by atoms with E-state index in [4.69, 9.17) is 5.26 Å². The maximum absolute atomic E-state index is 9.16. The summed E-state index contributed by atoms with van der Waals surface area (Å²) in [5.41, 5.74) is 0. The van der Waals surface area contributed by atoms with E-state index in [1.165, 1.54) is 38.5 Å². The van der Waals surface area contributed by atoms with Gasteiger partial charge in [-0.2, -0.15) is 5.26 Å². The fourth-order valence-corrected chi connectivity index (χ4v) is 2.90. The first-order chi connectivity index (χ1) is 8.19. The van der Waals surface area contributed by atoms with Crippen molar-refractivity contribution in [2.75, 3.05) is 13.6 Å². The number of nitrogens with one attached hydrogen (secondary N) is 1. The molecule has 3 heteroatoms. The summed E-state index contributed by atoms with van der Waals surface area (Å²) < 4.78 is 0. The lowest BCUT2D eigenvalue weighted by atomic mass is 9.86. The molecule has 0 aromatic rings. The van der Waals surface area contributed by atoms with Gasteiger partial charge in [-0.15, -0.1) is 0 Å². The van der Waals surface area contributed by atoms with E-state index in [2.05, 4.69) is 30.3 Å². The molecule has 2 aliphatic rings. The zero-order chi connectivity index (χ0) is 12.3. The lowest BCUT2D eigenvalue weighted by Gasteiger charge is -2.35. The largest absolute Gasteiger partial charge is 0.301 e. The van der Waals surface area contributed by atoms with Crippen LogP contribution in [0.2, 0.25) is 0 Å². The van der Waals surface area contributed by atoms with Gasteiger partial charge in [-0.1, -0.05) is 19.8 Å². The predicted octanol–water partition coefficient (Wildman–Crippen LogP) is 2.14. The third-order valence-electron chi connectivity index (χ3n) is 4.17. The molecule has 0 saturated heterocycles. The molecule has 0 bridgehead atoms. The van der Waals surface area contributed by atoms with Crippen molar-refractivity contribution >= 4 is 0 Å². The first kappa shape index (κ1) is 12.9. The maximum atomic E-state index is 9.16. The van der Waals surface area contributed by atoms with Crippen LogP contribution >= 0.6 is 0 Å². The van der Waals surface area contributed by atoms with Crippen LogP contribution in [0.15, 0.2) is 0 Å². The Hall–Kier alpha value is -0.590. The molecular formula is C14H25N3. The van der Waals surface area contributed by atoms with Crippen molar-refractivity contribution in [3.8, 4) is 6.07 Å². The summed E-state index contributed by atoms with van der Waals surface area (Å²) in [7, 11) is 2.18. The fraction of sp³-hybridized carbons (Fsp3) is 0.929. The third kappa shape index (κ3) is 3.97. The minimum Gasteiger partial charge on any atom is -0.301 e. The highest BCUT2D eigenvalue weighted by Gasteiger charge is 2.27. The van der Waals surface area contributed by atoms with E-state index in [0.717, 1.165) is 12.5 Å². The van der Waals surface area contributed by atoms with Gasteiger partial charge in [0.1, 0.15) is 6.04 Å². The minimum absolute atomic E-state index is 0.0183. The topological polar surface area (TPSA) is 39.1 Å². The van der Waals surface area contributed by atoms with Crippen LogP contribution in [0.4, 0.5) is 0 Å². The van der Waals surface area contributed by atoms with Gasteiger partial charge >= 0.3 is 0 Å². The molecular weight excluding hydrogens is 210 g/mol. The summed E-state index contributed by atoms with van der Waals surface area (Å²) in [6, 6.07) is 3.73. The van der Waals surface area contributed by atoms with Gasteiger partial charge < -0.3 is 4.90 Å². The molecule has 0 radical (unpaired) electrons. The zero-order valence-electron chi connectivity index (χ0n) is 11.2. The highest BCUT2D eigenvalue weighted by molar-refractivity contribution is 4.98. The number of nitrogens with zero attached hydrogens (tertiary/aromatic N) is 2. The number of hydrogen-bond donors (Lipinski definition) is 1. The molecule has 2 rings (SSSR count). The lowest BCUT2D eigenvalue weighted by molar-refractivity contribution is 0.157. The van der Waals surface area contributed by atoms with Crippen LogP contribution in [0.1, 0.15) is 45.4 Å². The number of nitriles is 1. The second kappa shape index (κ2) is 5.84. The molecule has 3 nitrogen and oxygen atoms in total. The number of likely N-dealkylation sites (N-methyl/N-ethyl adjacent to an activating group) is 1.